The van der Waals surface area contributed by atoms with Gasteiger partial charge in [0.15, 0.2) is 17.4 Å². The Kier molecular flexibility index (Phi) is 6.42. The van der Waals surface area contributed by atoms with E-state index in [1.165, 1.54) is 20.3 Å². The first-order valence-corrected chi connectivity index (χ1v) is 10.7. The average Bonchev–Trinajstić information content (AvgIpc) is 2.79. The maximum absolute atomic E-state index is 15.3. The Morgan fingerprint density at radius 1 is 1.10 bits per heavy atom. The zero-order chi connectivity index (χ0) is 22.1. The van der Waals surface area contributed by atoms with Gasteiger partial charge in [0.25, 0.3) is 0 Å². The van der Waals surface area contributed by atoms with E-state index in [0.29, 0.717) is 27.5 Å². The number of rotatable bonds is 5. The topological polar surface area (TPSA) is 69.6 Å². The lowest BCUT2D eigenvalue weighted by Gasteiger charge is -2.32. The van der Waals surface area contributed by atoms with Gasteiger partial charge in [0.05, 0.1) is 37.6 Å². The fourth-order valence-corrected chi connectivity index (χ4v) is 4.42. The molecule has 164 valence electrons. The number of hydrogen-bond acceptors (Lipinski definition) is 7. The number of hydrogen-bond donors (Lipinski definition) is 0. The number of aromatic nitrogens is 3. The van der Waals surface area contributed by atoms with Crippen molar-refractivity contribution in [2.45, 2.75) is 18.9 Å². The van der Waals surface area contributed by atoms with E-state index in [1.54, 1.807) is 19.4 Å². The van der Waals surface area contributed by atoms with Crippen molar-refractivity contribution in [2.24, 2.45) is 0 Å². The molecule has 0 aliphatic carbocycles. The van der Waals surface area contributed by atoms with Crippen LogP contribution in [-0.2, 0) is 4.74 Å². The number of benzene rings is 1. The minimum atomic E-state index is -0.557. The molecule has 0 saturated carbocycles. The number of piperidine rings is 1. The van der Waals surface area contributed by atoms with Crippen LogP contribution in [0.5, 0.6) is 11.5 Å². The Morgan fingerprint density at radius 3 is 2.45 bits per heavy atom. The first kappa shape index (κ1) is 21.9. The lowest BCUT2D eigenvalue weighted by molar-refractivity contribution is 0.0818. The minimum absolute atomic E-state index is 0.0541. The highest BCUT2D eigenvalue weighted by Gasteiger charge is 2.26. The monoisotopic (exact) mass is 464 g/mol. The zero-order valence-corrected chi connectivity index (χ0v) is 19.4. The molecule has 1 aliphatic heterocycles. The van der Waals surface area contributed by atoms with Gasteiger partial charge in [-0.25, -0.2) is 19.3 Å². The van der Waals surface area contributed by atoms with Crippen molar-refractivity contribution in [3.63, 3.8) is 0 Å². The number of anilines is 1. The summed E-state index contributed by atoms with van der Waals surface area (Å²) >= 11 is 6.16. The fraction of sp³-hybridized carbons (Fsp3) is 0.381. The second-order valence-corrected chi connectivity index (χ2v) is 8.17. The molecule has 1 atom stereocenters. The molecule has 0 spiro atoms. The van der Waals surface area contributed by atoms with Gasteiger partial charge in [0.1, 0.15) is 16.7 Å². The molecule has 10 heteroatoms. The SMILES string of the molecule is COc1cc(OC)c(P)c(-c2nc(N3CCC(OC)CC3)c3cc(Cl)ncc3n2)c1F. The summed E-state index contributed by atoms with van der Waals surface area (Å²) in [5, 5.41) is 1.61. The average molecular weight is 465 g/mol. The van der Waals surface area contributed by atoms with E-state index in [9.17, 15) is 0 Å². The summed E-state index contributed by atoms with van der Waals surface area (Å²) in [5.74, 6) is 0.861. The van der Waals surface area contributed by atoms with Crippen molar-refractivity contribution < 1.29 is 18.6 Å². The third kappa shape index (κ3) is 4.12. The van der Waals surface area contributed by atoms with Gasteiger partial charge in [-0.05, 0) is 18.9 Å². The van der Waals surface area contributed by atoms with Crippen LogP contribution in [0.25, 0.3) is 22.3 Å². The van der Waals surface area contributed by atoms with Crippen LogP contribution >= 0.6 is 20.8 Å². The number of ether oxygens (including phenoxy) is 3. The van der Waals surface area contributed by atoms with Crippen LogP contribution in [0.15, 0.2) is 18.3 Å². The Bertz CT molecular complexity index is 1100. The van der Waals surface area contributed by atoms with Crippen molar-refractivity contribution >= 4 is 42.9 Å². The van der Waals surface area contributed by atoms with Crippen LogP contribution in [-0.4, -0.2) is 55.5 Å². The highest BCUT2D eigenvalue weighted by atomic mass is 35.5. The highest BCUT2D eigenvalue weighted by Crippen LogP contribution is 2.35. The molecular weight excluding hydrogens is 442 g/mol. The van der Waals surface area contributed by atoms with Crippen LogP contribution in [0, 0.1) is 5.82 Å². The minimum Gasteiger partial charge on any atom is -0.496 e. The molecule has 1 unspecified atom stereocenters. The second-order valence-electron chi connectivity index (χ2n) is 7.20. The molecule has 0 N–H and O–H groups in total. The fourth-order valence-electron chi connectivity index (χ4n) is 3.81. The molecule has 4 rings (SSSR count). The van der Waals surface area contributed by atoms with Crippen LogP contribution in [0.3, 0.4) is 0 Å². The van der Waals surface area contributed by atoms with Crippen molar-refractivity contribution in [3.8, 4) is 22.9 Å². The third-order valence-corrected chi connectivity index (χ3v) is 6.28. The van der Waals surface area contributed by atoms with Crippen molar-refractivity contribution in [1.82, 2.24) is 15.0 Å². The lowest BCUT2D eigenvalue weighted by Crippen LogP contribution is -2.37. The molecule has 0 bridgehead atoms. The molecule has 1 fully saturated rings. The molecule has 3 aromatic rings. The molecular formula is C21H23ClFN4O3P. The zero-order valence-electron chi connectivity index (χ0n) is 17.5. The van der Waals surface area contributed by atoms with E-state index >= 15 is 4.39 Å². The molecule has 1 saturated heterocycles. The third-order valence-electron chi connectivity index (χ3n) is 5.50. The van der Waals surface area contributed by atoms with E-state index < -0.39 is 5.82 Å². The van der Waals surface area contributed by atoms with E-state index in [2.05, 4.69) is 24.1 Å². The summed E-state index contributed by atoms with van der Waals surface area (Å²) in [7, 11) is 7.16. The maximum Gasteiger partial charge on any atom is 0.176 e. The van der Waals surface area contributed by atoms with Crippen LogP contribution < -0.4 is 19.7 Å². The van der Waals surface area contributed by atoms with Gasteiger partial charge in [0, 0.05) is 37.0 Å². The summed E-state index contributed by atoms with van der Waals surface area (Å²) in [6.07, 6.45) is 3.53. The molecule has 0 radical (unpaired) electrons. The number of nitrogens with zero attached hydrogens (tertiary/aromatic N) is 4. The predicted molar refractivity (Wildman–Crippen MR) is 122 cm³/mol. The molecule has 0 amide bonds. The Morgan fingerprint density at radius 2 is 1.81 bits per heavy atom. The molecule has 1 aliphatic rings. The molecule has 2 aromatic heterocycles. The first-order valence-electron chi connectivity index (χ1n) is 9.78. The van der Waals surface area contributed by atoms with Crippen LogP contribution in [0.4, 0.5) is 10.2 Å². The quantitative estimate of drug-likeness (QED) is 0.422. The van der Waals surface area contributed by atoms with Crippen molar-refractivity contribution in [1.29, 1.82) is 0 Å². The molecule has 7 nitrogen and oxygen atoms in total. The predicted octanol–water partition coefficient (Wildman–Crippen LogP) is 3.62. The first-order chi connectivity index (χ1) is 15.0. The van der Waals surface area contributed by atoms with E-state index in [1.807, 2.05) is 0 Å². The van der Waals surface area contributed by atoms with Crippen LogP contribution in [0.1, 0.15) is 12.8 Å². The largest absolute Gasteiger partial charge is 0.496 e. The van der Waals surface area contributed by atoms with Gasteiger partial charge in [-0.3, -0.25) is 0 Å². The van der Waals surface area contributed by atoms with E-state index in [-0.39, 0.29) is 23.2 Å². The Hall–Kier alpha value is -2.28. The van der Waals surface area contributed by atoms with Crippen molar-refractivity contribution in [3.05, 3.63) is 29.3 Å². The van der Waals surface area contributed by atoms with Gasteiger partial charge in [0.2, 0.25) is 0 Å². The number of pyridine rings is 1. The van der Waals surface area contributed by atoms with Gasteiger partial charge in [-0.15, -0.1) is 9.24 Å². The standard InChI is InChI=1S/C21H23ClFN4O3P/c1-28-11-4-6-27(7-5-11)21-12-8-16(22)24-10-13(12)25-20(26-21)17-18(23)14(29-2)9-15(30-3)19(17)31/h8-11H,4-7,31H2,1-3H3. The smallest absolute Gasteiger partial charge is 0.176 e. The Balaban J connectivity index is 1.92. The molecule has 1 aromatic carbocycles. The maximum atomic E-state index is 15.3. The van der Waals surface area contributed by atoms with Gasteiger partial charge < -0.3 is 19.1 Å². The summed E-state index contributed by atoms with van der Waals surface area (Å²) in [5.41, 5.74) is 0.773. The lowest BCUT2D eigenvalue weighted by atomic mass is 10.1. The highest BCUT2D eigenvalue weighted by molar-refractivity contribution is 7.28. The van der Waals surface area contributed by atoms with Crippen LogP contribution in [0.2, 0.25) is 5.15 Å². The molecule has 31 heavy (non-hydrogen) atoms. The van der Waals surface area contributed by atoms with E-state index in [0.717, 1.165) is 31.3 Å². The van der Waals surface area contributed by atoms with E-state index in [4.69, 9.17) is 30.8 Å². The number of halogens is 2. The normalized spacial score (nSPS) is 14.8. The van der Waals surface area contributed by atoms with Gasteiger partial charge in [-0.1, -0.05) is 11.6 Å². The van der Waals surface area contributed by atoms with Crippen molar-refractivity contribution in [2.75, 3.05) is 39.3 Å². The molecule has 3 heterocycles. The number of fused-ring (bicyclic) bond motifs is 1. The number of methoxy groups -OCH3 is 3. The van der Waals surface area contributed by atoms with Gasteiger partial charge >= 0.3 is 0 Å². The Labute approximate surface area is 187 Å². The summed E-state index contributed by atoms with van der Waals surface area (Å²) in [6.45, 7) is 1.50. The second kappa shape index (κ2) is 9.07. The summed E-state index contributed by atoms with van der Waals surface area (Å²) in [4.78, 5) is 15.7. The summed E-state index contributed by atoms with van der Waals surface area (Å²) in [6, 6.07) is 3.24. The van der Waals surface area contributed by atoms with Gasteiger partial charge in [-0.2, -0.15) is 0 Å². The summed E-state index contributed by atoms with van der Waals surface area (Å²) < 4.78 is 31.4.